The molecule has 1 aliphatic heterocycles. The zero-order valence-corrected chi connectivity index (χ0v) is 16.9. The summed E-state index contributed by atoms with van der Waals surface area (Å²) in [6.07, 6.45) is 1.03. The van der Waals surface area contributed by atoms with Gasteiger partial charge in [0.15, 0.2) is 5.96 Å². The van der Waals surface area contributed by atoms with E-state index in [1.807, 2.05) is 0 Å². The third-order valence-electron chi connectivity index (χ3n) is 4.77. The monoisotopic (exact) mass is 360 g/mol. The Labute approximate surface area is 159 Å². The van der Waals surface area contributed by atoms with E-state index in [9.17, 15) is 0 Å². The molecule has 1 heterocycles. The summed E-state index contributed by atoms with van der Waals surface area (Å²) < 4.78 is 5.44. The van der Waals surface area contributed by atoms with E-state index in [0.29, 0.717) is 6.04 Å². The summed E-state index contributed by atoms with van der Waals surface area (Å²) in [5.74, 6) is 0.911. The van der Waals surface area contributed by atoms with Gasteiger partial charge in [-0.15, -0.1) is 0 Å². The fraction of sp³-hybridized carbons (Fsp3) is 0.667. The molecular weight excluding hydrogens is 324 g/mol. The Kier molecular flexibility index (Phi) is 8.39. The van der Waals surface area contributed by atoms with E-state index < -0.39 is 0 Å². The topological polar surface area (TPSA) is 48.9 Å². The van der Waals surface area contributed by atoms with Crippen LogP contribution in [0, 0.1) is 5.41 Å². The number of nitrogens with one attached hydrogen (secondary N) is 2. The van der Waals surface area contributed by atoms with Gasteiger partial charge in [-0.25, -0.2) is 0 Å². The number of hydrogen-bond donors (Lipinski definition) is 2. The van der Waals surface area contributed by atoms with Crippen LogP contribution in [0.2, 0.25) is 0 Å². The van der Waals surface area contributed by atoms with Crippen molar-refractivity contribution in [3.63, 3.8) is 0 Å². The third-order valence-corrected chi connectivity index (χ3v) is 4.77. The molecule has 2 rings (SSSR count). The Bertz CT molecular complexity index is 538. The molecular formula is C21H36N4O. The molecule has 5 heteroatoms. The van der Waals surface area contributed by atoms with E-state index in [4.69, 9.17) is 9.73 Å². The highest BCUT2D eigenvalue weighted by Gasteiger charge is 2.19. The molecule has 0 aromatic heterocycles. The molecule has 1 atom stereocenters. The minimum Gasteiger partial charge on any atom is -0.379 e. The first kappa shape index (κ1) is 20.7. The maximum atomic E-state index is 5.44. The van der Waals surface area contributed by atoms with Crippen molar-refractivity contribution < 1.29 is 4.74 Å². The lowest BCUT2D eigenvalue weighted by atomic mass is 9.86. The molecule has 0 saturated carbocycles. The highest BCUT2D eigenvalue weighted by atomic mass is 16.5. The van der Waals surface area contributed by atoms with Crippen molar-refractivity contribution in [2.24, 2.45) is 10.4 Å². The first-order valence-corrected chi connectivity index (χ1v) is 9.88. The Morgan fingerprint density at radius 3 is 2.54 bits per heavy atom. The van der Waals surface area contributed by atoms with E-state index in [-0.39, 0.29) is 5.41 Å². The smallest absolute Gasteiger partial charge is 0.191 e. The average molecular weight is 361 g/mol. The van der Waals surface area contributed by atoms with Crippen LogP contribution in [0.4, 0.5) is 0 Å². The number of benzene rings is 1. The number of hydrogen-bond acceptors (Lipinski definition) is 3. The van der Waals surface area contributed by atoms with E-state index >= 15 is 0 Å². The van der Waals surface area contributed by atoms with Gasteiger partial charge < -0.3 is 15.4 Å². The minimum absolute atomic E-state index is 0.125. The zero-order valence-electron chi connectivity index (χ0n) is 16.9. The summed E-state index contributed by atoms with van der Waals surface area (Å²) in [5.41, 5.74) is 1.49. The molecule has 1 unspecified atom stereocenters. The lowest BCUT2D eigenvalue weighted by Crippen LogP contribution is -2.49. The van der Waals surface area contributed by atoms with E-state index in [1.54, 1.807) is 0 Å². The Morgan fingerprint density at radius 2 is 1.88 bits per heavy atom. The van der Waals surface area contributed by atoms with Crippen LogP contribution in [0.15, 0.2) is 35.3 Å². The molecule has 0 radical (unpaired) electrons. The summed E-state index contributed by atoms with van der Waals surface area (Å²) >= 11 is 0. The van der Waals surface area contributed by atoms with Crippen LogP contribution in [-0.2, 0) is 11.2 Å². The lowest BCUT2D eigenvalue weighted by Gasteiger charge is -2.32. The van der Waals surface area contributed by atoms with E-state index in [0.717, 1.165) is 58.3 Å². The molecule has 0 bridgehead atoms. The first-order valence-electron chi connectivity index (χ1n) is 9.88. The Hall–Kier alpha value is -1.59. The molecule has 0 spiro atoms. The largest absolute Gasteiger partial charge is 0.379 e. The summed E-state index contributed by atoms with van der Waals surface area (Å²) in [4.78, 5) is 7.32. The van der Waals surface area contributed by atoms with Gasteiger partial charge in [-0.05, 0) is 31.2 Å². The van der Waals surface area contributed by atoms with Crippen LogP contribution < -0.4 is 10.6 Å². The maximum Gasteiger partial charge on any atom is 0.191 e. The van der Waals surface area contributed by atoms with Gasteiger partial charge in [-0.2, -0.15) is 0 Å². The predicted octanol–water partition coefficient (Wildman–Crippen LogP) is 2.53. The van der Waals surface area contributed by atoms with Crippen LogP contribution in [0.1, 0.15) is 33.3 Å². The number of aliphatic imine (C=N–C) groups is 1. The quantitative estimate of drug-likeness (QED) is 0.552. The van der Waals surface area contributed by atoms with Crippen LogP contribution >= 0.6 is 0 Å². The molecule has 1 aromatic carbocycles. The van der Waals surface area contributed by atoms with Crippen LogP contribution in [0.5, 0.6) is 0 Å². The molecule has 1 saturated heterocycles. The summed E-state index contributed by atoms with van der Waals surface area (Å²) in [7, 11) is 0. The number of ether oxygens (including phenoxy) is 1. The Morgan fingerprint density at radius 1 is 1.19 bits per heavy atom. The number of nitrogens with zero attached hydrogens (tertiary/aromatic N) is 2. The molecule has 1 aliphatic rings. The maximum absolute atomic E-state index is 5.44. The van der Waals surface area contributed by atoms with Crippen LogP contribution in [0.25, 0.3) is 0 Å². The highest BCUT2D eigenvalue weighted by molar-refractivity contribution is 5.79. The standard InChI is InChI=1S/C21H36N4O/c1-5-22-20(23-16-18(2)25-11-13-26-14-12-25)24-17-21(3,4)15-19-9-7-6-8-10-19/h6-10,18H,5,11-17H2,1-4H3,(H2,22,23,24). The lowest BCUT2D eigenvalue weighted by molar-refractivity contribution is 0.0211. The molecule has 1 aromatic rings. The van der Waals surface area contributed by atoms with Crippen molar-refractivity contribution in [2.45, 2.75) is 40.2 Å². The first-order chi connectivity index (χ1) is 12.5. The fourth-order valence-electron chi connectivity index (χ4n) is 3.23. The van der Waals surface area contributed by atoms with Crippen molar-refractivity contribution in [1.82, 2.24) is 15.5 Å². The summed E-state index contributed by atoms with van der Waals surface area (Å²) in [6, 6.07) is 11.1. The highest BCUT2D eigenvalue weighted by Crippen LogP contribution is 2.22. The van der Waals surface area contributed by atoms with Crippen molar-refractivity contribution in [3.8, 4) is 0 Å². The number of guanidine groups is 1. The van der Waals surface area contributed by atoms with E-state index in [1.165, 1.54) is 5.56 Å². The second kappa shape index (κ2) is 10.5. The second-order valence-electron chi connectivity index (χ2n) is 7.90. The minimum atomic E-state index is 0.125. The fourth-order valence-corrected chi connectivity index (χ4v) is 3.23. The molecule has 5 nitrogen and oxygen atoms in total. The SMILES string of the molecule is CCNC(=NCC(C)(C)Cc1ccccc1)NCC(C)N1CCOCC1. The van der Waals surface area contributed by atoms with Gasteiger partial charge in [-0.3, -0.25) is 9.89 Å². The number of morpholine rings is 1. The second-order valence-corrected chi connectivity index (χ2v) is 7.90. The van der Waals surface area contributed by atoms with Gasteiger partial charge in [0.05, 0.1) is 13.2 Å². The molecule has 26 heavy (non-hydrogen) atoms. The third kappa shape index (κ3) is 7.34. The van der Waals surface area contributed by atoms with Crippen LogP contribution in [-0.4, -0.2) is 62.8 Å². The van der Waals surface area contributed by atoms with Gasteiger partial charge in [0.25, 0.3) is 0 Å². The van der Waals surface area contributed by atoms with Gasteiger partial charge in [0.2, 0.25) is 0 Å². The molecule has 2 N–H and O–H groups in total. The van der Waals surface area contributed by atoms with Gasteiger partial charge in [-0.1, -0.05) is 44.2 Å². The average Bonchev–Trinajstić information content (AvgIpc) is 2.65. The molecule has 0 amide bonds. The normalized spacial score (nSPS) is 17.8. The van der Waals surface area contributed by atoms with Crippen molar-refractivity contribution >= 4 is 5.96 Å². The van der Waals surface area contributed by atoms with Crippen LogP contribution in [0.3, 0.4) is 0 Å². The summed E-state index contributed by atoms with van der Waals surface area (Å²) in [6.45, 7) is 15.2. The van der Waals surface area contributed by atoms with Crippen molar-refractivity contribution in [1.29, 1.82) is 0 Å². The van der Waals surface area contributed by atoms with E-state index in [2.05, 4.69) is 73.6 Å². The summed E-state index contributed by atoms with van der Waals surface area (Å²) in [5, 5.41) is 6.88. The molecule has 146 valence electrons. The molecule has 1 fully saturated rings. The zero-order chi connectivity index (χ0) is 18.8. The Balaban J connectivity index is 1.86. The predicted molar refractivity (Wildman–Crippen MR) is 110 cm³/mol. The van der Waals surface area contributed by atoms with Crippen molar-refractivity contribution in [2.75, 3.05) is 45.9 Å². The van der Waals surface area contributed by atoms with Gasteiger partial charge in [0, 0.05) is 38.8 Å². The van der Waals surface area contributed by atoms with Crippen molar-refractivity contribution in [3.05, 3.63) is 35.9 Å². The van der Waals surface area contributed by atoms with Gasteiger partial charge >= 0.3 is 0 Å². The number of rotatable bonds is 8. The molecule has 0 aliphatic carbocycles. The van der Waals surface area contributed by atoms with Gasteiger partial charge in [0.1, 0.15) is 0 Å².